The van der Waals surface area contributed by atoms with Crippen molar-refractivity contribution < 1.29 is 19.1 Å². The molecule has 0 saturated carbocycles. The number of amides is 2. The van der Waals surface area contributed by atoms with Gasteiger partial charge < -0.3 is 14.8 Å². The van der Waals surface area contributed by atoms with Gasteiger partial charge in [-0.25, -0.2) is 0 Å². The molecule has 31 heavy (non-hydrogen) atoms. The van der Waals surface area contributed by atoms with Gasteiger partial charge in [-0.05, 0) is 47.2 Å². The molecule has 1 N–H and O–H groups in total. The quantitative estimate of drug-likeness (QED) is 0.657. The summed E-state index contributed by atoms with van der Waals surface area (Å²) in [5.74, 6) is 2.33. The fraction of sp³-hybridized carbons (Fsp3) is 0.333. The molecule has 2 rings (SSSR count). The van der Waals surface area contributed by atoms with Crippen LogP contribution >= 0.6 is 11.6 Å². The van der Waals surface area contributed by atoms with Crippen LogP contribution in [0.2, 0.25) is 5.02 Å². The predicted octanol–water partition coefficient (Wildman–Crippen LogP) is 4.05. The molecule has 0 aromatic heterocycles. The van der Waals surface area contributed by atoms with Crippen LogP contribution in [0.5, 0.6) is 11.5 Å². The first-order valence-electron chi connectivity index (χ1n) is 9.66. The van der Waals surface area contributed by atoms with Crippen LogP contribution < -0.4 is 19.7 Å². The number of hydrogen-bond acceptors (Lipinski definition) is 4. The van der Waals surface area contributed by atoms with E-state index in [1.165, 1.54) is 12.0 Å². The van der Waals surface area contributed by atoms with Gasteiger partial charge in [0.15, 0.2) is 0 Å². The van der Waals surface area contributed by atoms with Crippen LogP contribution in [0.3, 0.4) is 0 Å². The first kappa shape index (κ1) is 24.1. The van der Waals surface area contributed by atoms with E-state index in [9.17, 15) is 9.59 Å². The number of halogens is 1. The highest BCUT2D eigenvalue weighted by Gasteiger charge is 2.39. The molecular formula is C24H27ClN2O4. The van der Waals surface area contributed by atoms with Crippen molar-refractivity contribution in [3.8, 4) is 23.8 Å². The van der Waals surface area contributed by atoms with Crippen LogP contribution in [-0.4, -0.2) is 32.1 Å². The van der Waals surface area contributed by atoms with Gasteiger partial charge in [0.1, 0.15) is 17.5 Å². The second-order valence-corrected chi connectivity index (χ2v) is 8.38. The molecule has 0 unspecified atom stereocenters. The Balaban J connectivity index is 2.37. The maximum absolute atomic E-state index is 13.3. The van der Waals surface area contributed by atoms with Crippen molar-refractivity contribution in [2.24, 2.45) is 5.41 Å². The zero-order valence-electron chi connectivity index (χ0n) is 18.4. The molecule has 0 radical (unpaired) electrons. The molecular weight excluding hydrogens is 416 g/mol. The minimum Gasteiger partial charge on any atom is -0.497 e. The third-order valence-corrected chi connectivity index (χ3v) is 5.00. The molecule has 2 amide bonds. The van der Waals surface area contributed by atoms with E-state index < -0.39 is 17.4 Å². The predicted molar refractivity (Wildman–Crippen MR) is 122 cm³/mol. The Morgan fingerprint density at radius 1 is 1.13 bits per heavy atom. The van der Waals surface area contributed by atoms with Gasteiger partial charge in [0, 0.05) is 12.2 Å². The summed E-state index contributed by atoms with van der Waals surface area (Å²) >= 11 is 6.26. The Kier molecular flexibility index (Phi) is 7.95. The molecule has 7 heteroatoms. The lowest BCUT2D eigenvalue weighted by molar-refractivity contribution is -0.127. The number of benzene rings is 2. The monoisotopic (exact) mass is 442 g/mol. The molecule has 0 aliphatic carbocycles. The van der Waals surface area contributed by atoms with Crippen molar-refractivity contribution in [3.05, 3.63) is 53.1 Å². The van der Waals surface area contributed by atoms with Gasteiger partial charge in [-0.1, -0.05) is 44.5 Å². The summed E-state index contributed by atoms with van der Waals surface area (Å²) in [6.45, 7) is 5.89. The first-order valence-corrected chi connectivity index (χ1v) is 10.0. The molecule has 0 aliphatic rings. The minimum atomic E-state index is -0.876. The van der Waals surface area contributed by atoms with Gasteiger partial charge >= 0.3 is 5.91 Å². The van der Waals surface area contributed by atoms with Crippen LogP contribution in [0.25, 0.3) is 0 Å². The maximum Gasteiger partial charge on any atom is 0.303 e. The third-order valence-electron chi connectivity index (χ3n) is 4.71. The van der Waals surface area contributed by atoms with Gasteiger partial charge in [0.2, 0.25) is 5.91 Å². The Labute approximate surface area is 188 Å². The van der Waals surface area contributed by atoms with Crippen LogP contribution in [0.1, 0.15) is 26.3 Å². The van der Waals surface area contributed by atoms with E-state index in [4.69, 9.17) is 27.5 Å². The highest BCUT2D eigenvalue weighted by Crippen LogP contribution is 2.34. The SMILES string of the molecule is C#CC(=O)N(c1ccc(OC)c(Cl)c1)[C@@H](C(=O)NCc1ccc(OC)cc1)C(C)(C)C. The van der Waals surface area contributed by atoms with Crippen LogP contribution in [0.4, 0.5) is 5.69 Å². The lowest BCUT2D eigenvalue weighted by Crippen LogP contribution is -2.55. The Hall–Kier alpha value is -3.17. The number of nitrogens with zero attached hydrogens (tertiary/aromatic N) is 1. The van der Waals surface area contributed by atoms with Gasteiger partial charge in [0.05, 0.1) is 19.2 Å². The Bertz CT molecular complexity index is 975. The molecule has 0 heterocycles. The number of carbonyl (C=O) groups excluding carboxylic acids is 2. The highest BCUT2D eigenvalue weighted by molar-refractivity contribution is 6.32. The van der Waals surface area contributed by atoms with E-state index in [1.807, 2.05) is 45.0 Å². The van der Waals surface area contributed by atoms with Gasteiger partial charge in [-0.3, -0.25) is 14.5 Å². The van der Waals surface area contributed by atoms with Crippen molar-refractivity contribution in [1.29, 1.82) is 0 Å². The molecule has 0 saturated heterocycles. The number of hydrogen-bond donors (Lipinski definition) is 1. The normalized spacial score (nSPS) is 11.8. The Morgan fingerprint density at radius 2 is 1.77 bits per heavy atom. The lowest BCUT2D eigenvalue weighted by Gasteiger charge is -2.38. The van der Waals surface area contributed by atoms with Gasteiger partial charge in [-0.2, -0.15) is 0 Å². The zero-order chi connectivity index (χ0) is 23.2. The average molecular weight is 443 g/mol. The molecule has 1 atom stereocenters. The fourth-order valence-electron chi connectivity index (χ4n) is 3.19. The third kappa shape index (κ3) is 5.93. The molecule has 6 nitrogen and oxygen atoms in total. The largest absolute Gasteiger partial charge is 0.497 e. The number of rotatable bonds is 7. The molecule has 164 valence electrons. The standard InChI is InChI=1S/C24H27ClN2O4/c1-7-21(28)27(17-10-13-20(31-6)19(25)14-17)22(24(2,3)4)23(29)26-15-16-8-11-18(30-5)12-9-16/h1,8-14,22H,15H2,2-6H3,(H,26,29)/t22-/m0/s1. The fourth-order valence-corrected chi connectivity index (χ4v) is 3.44. The highest BCUT2D eigenvalue weighted by atomic mass is 35.5. The van der Waals surface area contributed by atoms with E-state index in [-0.39, 0.29) is 12.5 Å². The van der Waals surface area contributed by atoms with Crippen molar-refractivity contribution in [3.63, 3.8) is 0 Å². The van der Waals surface area contributed by atoms with E-state index in [0.717, 1.165) is 11.3 Å². The number of ether oxygens (including phenoxy) is 2. The summed E-state index contributed by atoms with van der Waals surface area (Å²) in [7, 11) is 3.09. The summed E-state index contributed by atoms with van der Waals surface area (Å²) in [5, 5.41) is 3.22. The number of carbonyl (C=O) groups is 2. The Morgan fingerprint density at radius 3 is 2.26 bits per heavy atom. The zero-order valence-corrected chi connectivity index (χ0v) is 19.1. The lowest BCUT2D eigenvalue weighted by atomic mass is 9.84. The molecule has 0 aliphatic heterocycles. The van der Waals surface area contributed by atoms with Crippen molar-refractivity contribution >= 4 is 29.1 Å². The van der Waals surface area contributed by atoms with Crippen molar-refractivity contribution in [2.45, 2.75) is 33.4 Å². The minimum absolute atomic E-state index is 0.289. The van der Waals surface area contributed by atoms with Gasteiger partial charge in [-0.15, -0.1) is 6.42 Å². The summed E-state index contributed by atoms with van der Waals surface area (Å²) in [6, 6.07) is 11.3. The molecule has 0 fully saturated rings. The van der Waals surface area contributed by atoms with E-state index >= 15 is 0 Å². The van der Waals surface area contributed by atoms with E-state index in [1.54, 1.807) is 25.3 Å². The number of methoxy groups -OCH3 is 2. The van der Waals surface area contributed by atoms with Gasteiger partial charge in [0.25, 0.3) is 0 Å². The molecule has 0 bridgehead atoms. The van der Waals surface area contributed by atoms with Crippen LogP contribution in [0.15, 0.2) is 42.5 Å². The summed E-state index contributed by atoms with van der Waals surface area (Å²) in [4.78, 5) is 27.3. The summed E-state index contributed by atoms with van der Waals surface area (Å²) in [6.07, 6.45) is 5.44. The smallest absolute Gasteiger partial charge is 0.303 e. The second-order valence-electron chi connectivity index (χ2n) is 7.97. The van der Waals surface area contributed by atoms with Crippen LogP contribution in [0, 0.1) is 17.8 Å². The number of anilines is 1. The summed E-state index contributed by atoms with van der Waals surface area (Å²) < 4.78 is 10.3. The van der Waals surface area contributed by atoms with Crippen molar-refractivity contribution in [2.75, 3.05) is 19.1 Å². The number of terminal acetylenes is 1. The number of nitrogens with one attached hydrogen (secondary N) is 1. The molecule has 2 aromatic rings. The first-order chi connectivity index (χ1) is 14.6. The van der Waals surface area contributed by atoms with E-state index in [0.29, 0.717) is 16.5 Å². The van der Waals surface area contributed by atoms with E-state index in [2.05, 4.69) is 11.2 Å². The molecule has 0 spiro atoms. The summed E-state index contributed by atoms with van der Waals surface area (Å²) in [5.41, 5.74) is 0.681. The maximum atomic E-state index is 13.3. The van der Waals surface area contributed by atoms with Crippen LogP contribution in [-0.2, 0) is 16.1 Å². The van der Waals surface area contributed by atoms with Crippen molar-refractivity contribution in [1.82, 2.24) is 5.32 Å². The molecule has 2 aromatic carbocycles. The topological polar surface area (TPSA) is 67.9 Å². The average Bonchev–Trinajstić information content (AvgIpc) is 2.74. The second kappa shape index (κ2) is 10.2.